The standard InChI is InChI=1S/C24H26O3.C23H23F3O4S/c1-27-23(26)19-10-11-22-18(14-19)8-5-9-20-15-21(25)12-13-24(20,22)16-17-6-3-2-4-7-17;24-23(25,26)31(28,29)30-20-9-10-21-17(13-20)7-4-8-18-14-19(27)11-12-22(18,21)15-16-5-2-1-3-6-16/h2-4,6-7,10-11,14,20H,5,8-9,12-13,15-16H2,1H3;1-3,5-6,9-10,13,18H,4,7-8,11-12,14-15H2/t20-,24+;18-,22+/m11/s1. The molecule has 2 saturated carbocycles. The first-order valence-electron chi connectivity index (χ1n) is 20.2. The minimum atomic E-state index is -5.73. The van der Waals surface area contributed by atoms with Gasteiger partial charge < -0.3 is 8.92 Å². The van der Waals surface area contributed by atoms with Gasteiger partial charge in [-0.25, -0.2) is 4.79 Å². The number of Topliss-reactive ketones (excluding diaryl/α,β-unsaturated/α-hetero) is 2. The van der Waals surface area contributed by atoms with Gasteiger partial charge in [-0.15, -0.1) is 0 Å². The molecular formula is C47H49F3O7S. The lowest BCUT2D eigenvalue weighted by Crippen LogP contribution is -2.42. The number of esters is 1. The first-order chi connectivity index (χ1) is 27.7. The van der Waals surface area contributed by atoms with Crippen molar-refractivity contribution < 1.29 is 44.9 Å². The van der Waals surface area contributed by atoms with E-state index in [0.717, 1.165) is 68.1 Å². The molecule has 58 heavy (non-hydrogen) atoms. The van der Waals surface area contributed by atoms with Crippen molar-refractivity contribution in [1.82, 2.24) is 0 Å². The predicted octanol–water partition coefficient (Wildman–Crippen LogP) is 9.76. The summed E-state index contributed by atoms with van der Waals surface area (Å²) in [7, 11) is -4.30. The van der Waals surface area contributed by atoms with Gasteiger partial charge in [0.15, 0.2) is 0 Å². The average molecular weight is 815 g/mol. The molecule has 0 radical (unpaired) electrons. The van der Waals surface area contributed by atoms with Gasteiger partial charge in [-0.3, -0.25) is 9.59 Å². The molecule has 4 aromatic carbocycles. The molecule has 8 rings (SSSR count). The number of hydrogen-bond acceptors (Lipinski definition) is 7. The molecule has 11 heteroatoms. The van der Waals surface area contributed by atoms with Crippen LogP contribution in [0.15, 0.2) is 97.1 Å². The van der Waals surface area contributed by atoms with E-state index in [9.17, 15) is 36.0 Å². The molecule has 4 aromatic rings. The Morgan fingerprint density at radius 2 is 1.17 bits per heavy atom. The van der Waals surface area contributed by atoms with E-state index < -0.39 is 15.6 Å². The molecule has 7 nitrogen and oxygen atoms in total. The number of aryl methyl sites for hydroxylation is 2. The molecule has 4 aliphatic carbocycles. The Balaban J connectivity index is 0.000000178. The molecule has 4 aliphatic rings. The topological polar surface area (TPSA) is 104 Å². The largest absolute Gasteiger partial charge is 0.534 e. The fraction of sp³-hybridized carbons (Fsp3) is 0.426. The number of fused-ring (bicyclic) bond motifs is 6. The summed E-state index contributed by atoms with van der Waals surface area (Å²) in [4.78, 5) is 36.5. The minimum absolute atomic E-state index is 0.0181. The van der Waals surface area contributed by atoms with Gasteiger partial charge >= 0.3 is 21.6 Å². The Hall–Kier alpha value is -4.77. The second-order valence-electron chi connectivity index (χ2n) is 16.5. The molecule has 0 N–H and O–H groups in total. The monoisotopic (exact) mass is 814 g/mol. The molecule has 0 amide bonds. The van der Waals surface area contributed by atoms with E-state index in [1.807, 2.05) is 48.5 Å². The average Bonchev–Trinajstić information content (AvgIpc) is 3.45. The zero-order chi connectivity index (χ0) is 41.1. The predicted molar refractivity (Wildman–Crippen MR) is 214 cm³/mol. The SMILES string of the molecule is COC(=O)c1ccc2c(c1)CCC[C@@H]1CC(=O)CC[C@@]21Cc1ccccc1.O=C1CC[C@@]2(Cc3ccccc3)c3ccc(OS(=O)(=O)C(F)(F)F)cc3CCC[C@@H]2C1. The van der Waals surface area contributed by atoms with Crippen molar-refractivity contribution in [1.29, 1.82) is 0 Å². The van der Waals surface area contributed by atoms with Gasteiger partial charge in [0.1, 0.15) is 17.3 Å². The maximum absolute atomic E-state index is 12.7. The highest BCUT2D eigenvalue weighted by Crippen LogP contribution is 2.52. The Kier molecular flexibility index (Phi) is 12.0. The lowest BCUT2D eigenvalue weighted by molar-refractivity contribution is -0.124. The second kappa shape index (κ2) is 16.8. The molecule has 0 spiro atoms. The third-order valence-corrected chi connectivity index (χ3v) is 14.1. The third-order valence-electron chi connectivity index (χ3n) is 13.1. The number of alkyl halides is 3. The molecule has 2 fully saturated rings. The molecule has 0 aliphatic heterocycles. The minimum Gasteiger partial charge on any atom is -0.465 e. The number of carbonyl (C=O) groups is 3. The fourth-order valence-electron chi connectivity index (χ4n) is 10.4. The maximum Gasteiger partial charge on any atom is 0.534 e. The molecule has 0 saturated heterocycles. The van der Waals surface area contributed by atoms with E-state index in [4.69, 9.17) is 4.74 Å². The Bertz CT molecular complexity index is 2260. The van der Waals surface area contributed by atoms with Crippen molar-refractivity contribution in [2.45, 2.75) is 106 Å². The second-order valence-corrected chi connectivity index (χ2v) is 18.0. The third kappa shape index (κ3) is 8.51. The summed E-state index contributed by atoms with van der Waals surface area (Å²) < 4.78 is 70.4. The summed E-state index contributed by atoms with van der Waals surface area (Å²) in [5.74, 6) is 0.544. The van der Waals surface area contributed by atoms with Gasteiger partial charge in [0, 0.05) is 36.5 Å². The Morgan fingerprint density at radius 3 is 1.66 bits per heavy atom. The summed E-state index contributed by atoms with van der Waals surface area (Å²) in [5, 5.41) is 0. The Morgan fingerprint density at radius 1 is 0.690 bits per heavy atom. The van der Waals surface area contributed by atoms with Crippen LogP contribution in [0.25, 0.3) is 0 Å². The molecular weight excluding hydrogens is 766 g/mol. The lowest BCUT2D eigenvalue weighted by atomic mass is 9.59. The van der Waals surface area contributed by atoms with Crippen molar-refractivity contribution in [3.05, 3.63) is 136 Å². The molecule has 0 unspecified atom stereocenters. The molecule has 0 bridgehead atoms. The fourth-order valence-corrected chi connectivity index (χ4v) is 10.9. The van der Waals surface area contributed by atoms with Crippen molar-refractivity contribution in [3.63, 3.8) is 0 Å². The zero-order valence-electron chi connectivity index (χ0n) is 32.7. The van der Waals surface area contributed by atoms with E-state index in [0.29, 0.717) is 55.8 Å². The summed E-state index contributed by atoms with van der Waals surface area (Å²) in [6, 6.07) is 31.0. The van der Waals surface area contributed by atoms with Crippen molar-refractivity contribution >= 4 is 27.7 Å². The van der Waals surface area contributed by atoms with Gasteiger partial charge in [-0.1, -0.05) is 72.8 Å². The molecule has 0 aromatic heterocycles. The van der Waals surface area contributed by atoms with Crippen LogP contribution in [-0.2, 0) is 61.0 Å². The lowest BCUT2D eigenvalue weighted by Gasteiger charge is -2.44. The highest BCUT2D eigenvalue weighted by atomic mass is 32.2. The van der Waals surface area contributed by atoms with E-state index in [-0.39, 0.29) is 34.2 Å². The molecule has 4 atom stereocenters. The van der Waals surface area contributed by atoms with Gasteiger partial charge in [0.2, 0.25) is 0 Å². The van der Waals surface area contributed by atoms with Crippen LogP contribution >= 0.6 is 0 Å². The van der Waals surface area contributed by atoms with E-state index in [2.05, 4.69) is 34.5 Å². The summed E-state index contributed by atoms with van der Waals surface area (Å²) in [5.41, 5.74) is 1.64. The first-order valence-corrected chi connectivity index (χ1v) is 21.6. The van der Waals surface area contributed by atoms with E-state index in [1.165, 1.54) is 35.9 Å². The number of carbonyl (C=O) groups excluding carboxylic acids is 3. The van der Waals surface area contributed by atoms with Gasteiger partial charge in [0.05, 0.1) is 12.7 Å². The normalized spacial score (nSPS) is 24.3. The highest BCUT2D eigenvalue weighted by molar-refractivity contribution is 7.88. The first kappa shape index (κ1) is 41.4. The summed E-state index contributed by atoms with van der Waals surface area (Å²) >= 11 is 0. The van der Waals surface area contributed by atoms with E-state index >= 15 is 0 Å². The smallest absolute Gasteiger partial charge is 0.465 e. The quantitative estimate of drug-likeness (QED) is 0.104. The maximum atomic E-state index is 12.7. The van der Waals surface area contributed by atoms with Crippen molar-refractivity contribution in [2.75, 3.05) is 7.11 Å². The van der Waals surface area contributed by atoms with Crippen LogP contribution in [0.5, 0.6) is 5.75 Å². The number of benzene rings is 4. The van der Waals surface area contributed by atoms with Crippen LogP contribution < -0.4 is 4.18 Å². The number of hydrogen-bond donors (Lipinski definition) is 0. The van der Waals surface area contributed by atoms with Crippen LogP contribution in [0.1, 0.15) is 108 Å². The van der Waals surface area contributed by atoms with Gasteiger partial charge in [0.25, 0.3) is 0 Å². The van der Waals surface area contributed by atoms with Gasteiger partial charge in [-0.2, -0.15) is 21.6 Å². The van der Waals surface area contributed by atoms with Crippen molar-refractivity contribution in [2.24, 2.45) is 11.8 Å². The van der Waals surface area contributed by atoms with Crippen LogP contribution in [-0.4, -0.2) is 38.6 Å². The van der Waals surface area contributed by atoms with Crippen LogP contribution in [0, 0.1) is 11.8 Å². The van der Waals surface area contributed by atoms with E-state index in [1.54, 1.807) is 6.07 Å². The number of methoxy groups -OCH3 is 1. The summed E-state index contributed by atoms with van der Waals surface area (Å²) in [6.07, 6.45) is 10.8. The number of halogens is 3. The number of ether oxygens (including phenoxy) is 1. The van der Waals surface area contributed by atoms with Crippen molar-refractivity contribution in [3.8, 4) is 5.75 Å². The highest BCUT2D eigenvalue weighted by Gasteiger charge is 2.50. The van der Waals surface area contributed by atoms with Crippen LogP contribution in [0.4, 0.5) is 13.2 Å². The zero-order valence-corrected chi connectivity index (χ0v) is 33.5. The van der Waals surface area contributed by atoms with Crippen LogP contribution in [0.3, 0.4) is 0 Å². The van der Waals surface area contributed by atoms with Crippen LogP contribution in [0.2, 0.25) is 0 Å². The summed E-state index contributed by atoms with van der Waals surface area (Å²) in [6.45, 7) is 0. The number of rotatable bonds is 7. The molecule has 306 valence electrons. The number of ketones is 2. The molecule has 0 heterocycles. The Labute approximate surface area is 338 Å². The van der Waals surface area contributed by atoms with Gasteiger partial charge in [-0.05, 0) is 134 Å².